The van der Waals surface area contributed by atoms with Gasteiger partial charge >= 0.3 is 0 Å². The first-order valence-electron chi connectivity index (χ1n) is 8.24. The molecule has 0 saturated carbocycles. The number of aryl methyl sites for hydroxylation is 1. The van der Waals surface area contributed by atoms with Crippen LogP contribution in [0.1, 0.15) is 55.8 Å². The molecule has 3 heteroatoms. The monoisotopic (exact) mass is 326 g/mol. The van der Waals surface area contributed by atoms with Gasteiger partial charge in [-0.05, 0) is 60.3 Å². The van der Waals surface area contributed by atoms with Gasteiger partial charge < -0.3 is 10.6 Å². The van der Waals surface area contributed by atoms with Crippen molar-refractivity contribution in [2.24, 2.45) is 0 Å². The Hall–Kier alpha value is -1.87. The van der Waals surface area contributed by atoms with Gasteiger partial charge in [0.05, 0.1) is 6.04 Å². The molecule has 2 rings (SSSR count). The zero-order valence-corrected chi connectivity index (χ0v) is 15.2. The second kappa shape index (κ2) is 8.11. The van der Waals surface area contributed by atoms with Gasteiger partial charge in [-0.2, -0.15) is 0 Å². The first kappa shape index (κ1) is 17.5. The van der Waals surface area contributed by atoms with Crippen LogP contribution < -0.4 is 10.6 Å². The van der Waals surface area contributed by atoms with Crippen LogP contribution in [0.3, 0.4) is 0 Å². The van der Waals surface area contributed by atoms with Crippen molar-refractivity contribution in [1.82, 2.24) is 5.32 Å². The van der Waals surface area contributed by atoms with Crippen molar-refractivity contribution in [3.63, 3.8) is 0 Å². The molecule has 2 aromatic rings. The Morgan fingerprint density at radius 1 is 1.04 bits per heavy atom. The summed E-state index contributed by atoms with van der Waals surface area (Å²) in [6, 6.07) is 17.1. The third-order valence-electron chi connectivity index (χ3n) is 4.11. The highest BCUT2D eigenvalue weighted by atomic mass is 32.1. The van der Waals surface area contributed by atoms with Crippen LogP contribution in [0, 0.1) is 6.92 Å². The normalized spacial score (nSPS) is 12.0. The van der Waals surface area contributed by atoms with Crippen LogP contribution in [0.15, 0.2) is 48.5 Å². The van der Waals surface area contributed by atoms with E-state index in [2.05, 4.69) is 86.9 Å². The van der Waals surface area contributed by atoms with Crippen LogP contribution in [0.5, 0.6) is 0 Å². The lowest BCUT2D eigenvalue weighted by Crippen LogP contribution is -2.32. The second-order valence-corrected chi connectivity index (χ2v) is 6.60. The van der Waals surface area contributed by atoms with Crippen molar-refractivity contribution in [2.45, 2.75) is 46.1 Å². The summed E-state index contributed by atoms with van der Waals surface area (Å²) in [4.78, 5) is 0. The maximum absolute atomic E-state index is 5.48. The van der Waals surface area contributed by atoms with Gasteiger partial charge in [0, 0.05) is 5.69 Å². The fraction of sp³-hybridized carbons (Fsp3) is 0.350. The smallest absolute Gasteiger partial charge is 0.171 e. The van der Waals surface area contributed by atoms with Crippen LogP contribution in [0.4, 0.5) is 5.69 Å². The van der Waals surface area contributed by atoms with E-state index in [-0.39, 0.29) is 6.04 Å². The maximum Gasteiger partial charge on any atom is 0.171 e. The van der Waals surface area contributed by atoms with Gasteiger partial charge in [0.15, 0.2) is 5.11 Å². The number of hydrogen-bond donors (Lipinski definition) is 2. The molecule has 0 fully saturated rings. The number of rotatable bonds is 5. The zero-order chi connectivity index (χ0) is 16.8. The van der Waals surface area contributed by atoms with Gasteiger partial charge in [-0.15, -0.1) is 0 Å². The molecule has 0 aliphatic heterocycles. The Bertz CT molecular complexity index is 647. The summed E-state index contributed by atoms with van der Waals surface area (Å²) in [6.45, 7) is 8.70. The Kier molecular flexibility index (Phi) is 6.17. The van der Waals surface area contributed by atoms with E-state index in [1.165, 1.54) is 16.7 Å². The lowest BCUT2D eigenvalue weighted by atomic mass is 9.99. The summed E-state index contributed by atoms with van der Waals surface area (Å²) < 4.78 is 0. The standard InChI is InChI=1S/C20H26N2S/c1-5-19(18-9-7-6-8-15(18)4)22-20(23)21-17-12-10-16(11-13-17)14(2)3/h6-14,19H,5H2,1-4H3,(H2,21,22,23). The Morgan fingerprint density at radius 2 is 1.70 bits per heavy atom. The van der Waals surface area contributed by atoms with Crippen LogP contribution >= 0.6 is 12.2 Å². The lowest BCUT2D eigenvalue weighted by Gasteiger charge is -2.21. The second-order valence-electron chi connectivity index (χ2n) is 6.19. The zero-order valence-electron chi connectivity index (χ0n) is 14.4. The molecule has 0 aliphatic carbocycles. The highest BCUT2D eigenvalue weighted by Crippen LogP contribution is 2.21. The number of benzene rings is 2. The molecule has 0 heterocycles. The average molecular weight is 327 g/mol. The van der Waals surface area contributed by atoms with Crippen molar-refractivity contribution in [1.29, 1.82) is 0 Å². The first-order valence-corrected chi connectivity index (χ1v) is 8.65. The van der Waals surface area contributed by atoms with E-state index in [0.29, 0.717) is 11.0 Å². The molecule has 0 radical (unpaired) electrons. The molecule has 0 amide bonds. The van der Waals surface area contributed by atoms with Crippen molar-refractivity contribution in [3.05, 3.63) is 65.2 Å². The van der Waals surface area contributed by atoms with Crippen molar-refractivity contribution in [3.8, 4) is 0 Å². The molecular weight excluding hydrogens is 300 g/mol. The largest absolute Gasteiger partial charge is 0.356 e. The molecule has 0 saturated heterocycles. The summed E-state index contributed by atoms with van der Waals surface area (Å²) in [6.07, 6.45) is 0.985. The Labute approximate surface area is 145 Å². The fourth-order valence-electron chi connectivity index (χ4n) is 2.65. The average Bonchev–Trinajstić information content (AvgIpc) is 2.54. The number of hydrogen-bond acceptors (Lipinski definition) is 1. The molecule has 0 aliphatic rings. The SMILES string of the molecule is CCC(NC(=S)Nc1ccc(C(C)C)cc1)c1ccccc1C. The van der Waals surface area contributed by atoms with Gasteiger partial charge in [-0.3, -0.25) is 0 Å². The minimum absolute atomic E-state index is 0.228. The minimum Gasteiger partial charge on any atom is -0.356 e. The molecule has 0 bridgehead atoms. The van der Waals surface area contributed by atoms with E-state index in [1.54, 1.807) is 0 Å². The van der Waals surface area contributed by atoms with Crippen LogP contribution in [0.2, 0.25) is 0 Å². The van der Waals surface area contributed by atoms with Crippen LogP contribution in [-0.4, -0.2) is 5.11 Å². The first-order chi connectivity index (χ1) is 11.0. The molecule has 0 spiro atoms. The third kappa shape index (κ3) is 4.80. The predicted molar refractivity (Wildman–Crippen MR) is 104 cm³/mol. The summed E-state index contributed by atoms with van der Waals surface area (Å²) in [7, 11) is 0. The van der Waals surface area contributed by atoms with Crippen LogP contribution in [0.25, 0.3) is 0 Å². The van der Waals surface area contributed by atoms with Crippen molar-refractivity contribution < 1.29 is 0 Å². The summed E-state index contributed by atoms with van der Waals surface area (Å²) in [5.74, 6) is 0.541. The molecule has 1 atom stereocenters. The van der Waals surface area contributed by atoms with Gasteiger partial charge in [0.1, 0.15) is 0 Å². The molecule has 122 valence electrons. The highest BCUT2D eigenvalue weighted by Gasteiger charge is 2.12. The van der Waals surface area contributed by atoms with Crippen LogP contribution in [-0.2, 0) is 0 Å². The third-order valence-corrected chi connectivity index (χ3v) is 4.33. The molecule has 2 aromatic carbocycles. The maximum atomic E-state index is 5.48. The Balaban J connectivity index is 2.01. The van der Waals surface area contributed by atoms with E-state index < -0.39 is 0 Å². The quantitative estimate of drug-likeness (QED) is 0.704. The summed E-state index contributed by atoms with van der Waals surface area (Å²) in [5.41, 5.74) is 4.94. The van der Waals surface area contributed by atoms with E-state index in [0.717, 1.165) is 12.1 Å². The molecular formula is C20H26N2S. The number of anilines is 1. The molecule has 2 N–H and O–H groups in total. The van der Waals surface area contributed by atoms with Gasteiger partial charge in [0.25, 0.3) is 0 Å². The van der Waals surface area contributed by atoms with Gasteiger partial charge in [-0.25, -0.2) is 0 Å². The van der Waals surface area contributed by atoms with Gasteiger partial charge in [0.2, 0.25) is 0 Å². The minimum atomic E-state index is 0.228. The van der Waals surface area contributed by atoms with Crippen molar-refractivity contribution in [2.75, 3.05) is 5.32 Å². The van der Waals surface area contributed by atoms with Gasteiger partial charge in [-0.1, -0.05) is 57.2 Å². The summed E-state index contributed by atoms with van der Waals surface area (Å²) >= 11 is 5.48. The van der Waals surface area contributed by atoms with E-state index in [9.17, 15) is 0 Å². The molecule has 0 aromatic heterocycles. The highest BCUT2D eigenvalue weighted by molar-refractivity contribution is 7.80. The molecule has 23 heavy (non-hydrogen) atoms. The number of nitrogens with one attached hydrogen (secondary N) is 2. The fourth-order valence-corrected chi connectivity index (χ4v) is 2.91. The van der Waals surface area contributed by atoms with E-state index in [4.69, 9.17) is 12.2 Å². The Morgan fingerprint density at radius 3 is 2.26 bits per heavy atom. The topological polar surface area (TPSA) is 24.1 Å². The predicted octanol–water partition coefficient (Wildman–Crippen LogP) is 5.56. The number of thiocarbonyl (C=S) groups is 1. The summed E-state index contributed by atoms with van der Waals surface area (Å²) in [5, 5.41) is 7.38. The molecule has 1 unspecified atom stereocenters. The lowest BCUT2D eigenvalue weighted by molar-refractivity contribution is 0.625. The van der Waals surface area contributed by atoms with Crippen molar-refractivity contribution >= 4 is 23.0 Å². The van der Waals surface area contributed by atoms with E-state index in [1.807, 2.05) is 0 Å². The van der Waals surface area contributed by atoms with E-state index >= 15 is 0 Å². The molecule has 2 nitrogen and oxygen atoms in total.